The summed E-state index contributed by atoms with van der Waals surface area (Å²) < 4.78 is 5.42. The molecular weight excluding hydrogens is 445 g/mol. The Morgan fingerprint density at radius 2 is 1.62 bits per heavy atom. The Hall–Kier alpha value is -0.770. The van der Waals surface area contributed by atoms with Crippen LogP contribution >= 0.6 is 24.0 Å². The number of halogens is 1. The number of carbonyl (C=O) groups is 1. The Morgan fingerprint density at radius 3 is 2.15 bits per heavy atom. The number of rotatable bonds is 3. The summed E-state index contributed by atoms with van der Waals surface area (Å²) >= 11 is 0. The zero-order valence-electron chi connectivity index (χ0n) is 16.7. The SMILES string of the molecule is CN1CCC(CCN=C(N)N2CCN(C(=O)OC(C)(C)C)CC2)CC1.I. The van der Waals surface area contributed by atoms with Gasteiger partial charge < -0.3 is 25.2 Å². The van der Waals surface area contributed by atoms with E-state index in [2.05, 4.69) is 21.8 Å². The van der Waals surface area contributed by atoms with Gasteiger partial charge in [-0.2, -0.15) is 0 Å². The number of guanidine groups is 1. The van der Waals surface area contributed by atoms with Crippen LogP contribution in [0.4, 0.5) is 4.79 Å². The Kier molecular flexibility index (Phi) is 9.43. The van der Waals surface area contributed by atoms with Crippen molar-refractivity contribution in [3.63, 3.8) is 0 Å². The van der Waals surface area contributed by atoms with Gasteiger partial charge in [0.15, 0.2) is 5.96 Å². The number of hydrogen-bond acceptors (Lipinski definition) is 4. The molecule has 0 atom stereocenters. The third-order valence-corrected chi connectivity index (χ3v) is 4.90. The van der Waals surface area contributed by atoms with Crippen molar-refractivity contribution in [2.75, 3.05) is 52.9 Å². The maximum atomic E-state index is 12.1. The van der Waals surface area contributed by atoms with E-state index in [-0.39, 0.29) is 30.1 Å². The Balaban J connectivity index is 0.00000338. The third-order valence-electron chi connectivity index (χ3n) is 4.90. The van der Waals surface area contributed by atoms with Crippen LogP contribution in [-0.4, -0.2) is 85.2 Å². The minimum atomic E-state index is -0.456. The number of ether oxygens (including phenoxy) is 1. The number of nitrogens with zero attached hydrogens (tertiary/aromatic N) is 4. The zero-order chi connectivity index (χ0) is 18.4. The molecule has 2 heterocycles. The van der Waals surface area contributed by atoms with Crippen molar-refractivity contribution in [1.29, 1.82) is 0 Å². The number of hydrogen-bond donors (Lipinski definition) is 1. The molecule has 2 saturated heterocycles. The van der Waals surface area contributed by atoms with Crippen molar-refractivity contribution in [2.45, 2.75) is 45.6 Å². The van der Waals surface area contributed by atoms with E-state index in [1.165, 1.54) is 25.9 Å². The maximum Gasteiger partial charge on any atom is 0.410 e. The van der Waals surface area contributed by atoms with Crippen LogP contribution in [-0.2, 0) is 4.74 Å². The summed E-state index contributed by atoms with van der Waals surface area (Å²) in [5.74, 6) is 1.38. The van der Waals surface area contributed by atoms with Crippen molar-refractivity contribution in [1.82, 2.24) is 14.7 Å². The van der Waals surface area contributed by atoms with Gasteiger partial charge in [-0.25, -0.2) is 4.79 Å². The Morgan fingerprint density at radius 1 is 1.08 bits per heavy atom. The second kappa shape index (κ2) is 10.5. The molecule has 7 nitrogen and oxygen atoms in total. The molecule has 2 fully saturated rings. The highest BCUT2D eigenvalue weighted by atomic mass is 127. The van der Waals surface area contributed by atoms with Gasteiger partial charge in [-0.3, -0.25) is 4.99 Å². The molecular formula is C18H36IN5O2. The molecule has 0 aromatic rings. The molecule has 1 amide bonds. The monoisotopic (exact) mass is 481 g/mol. The molecule has 0 bridgehead atoms. The van der Waals surface area contributed by atoms with Gasteiger partial charge in [0.1, 0.15) is 5.60 Å². The number of piperazine rings is 1. The van der Waals surface area contributed by atoms with Crippen LogP contribution in [0.5, 0.6) is 0 Å². The average Bonchev–Trinajstić information content (AvgIpc) is 2.55. The normalized spacial score (nSPS) is 20.7. The first kappa shape index (κ1) is 23.3. The summed E-state index contributed by atoms with van der Waals surface area (Å²) in [6, 6.07) is 0. The van der Waals surface area contributed by atoms with Gasteiger partial charge in [0.05, 0.1) is 0 Å². The molecule has 26 heavy (non-hydrogen) atoms. The standard InChI is InChI=1S/C18H35N5O2.HI/c1-18(2,3)25-17(24)23-13-11-22(12-14-23)16(19)20-8-5-15-6-9-21(4)10-7-15;/h15H,5-14H2,1-4H3,(H2,19,20);1H. The first-order valence-corrected chi connectivity index (χ1v) is 9.46. The van der Waals surface area contributed by atoms with E-state index >= 15 is 0 Å². The number of amides is 1. The van der Waals surface area contributed by atoms with Crippen LogP contribution in [0.2, 0.25) is 0 Å². The fourth-order valence-corrected chi connectivity index (χ4v) is 3.26. The topological polar surface area (TPSA) is 74.4 Å². The predicted octanol–water partition coefficient (Wildman–Crippen LogP) is 2.20. The summed E-state index contributed by atoms with van der Waals surface area (Å²) in [5.41, 5.74) is 5.69. The van der Waals surface area contributed by atoms with Gasteiger partial charge in [0, 0.05) is 32.7 Å². The third kappa shape index (κ3) is 7.85. The summed E-state index contributed by atoms with van der Waals surface area (Å²) in [5, 5.41) is 0. The van der Waals surface area contributed by atoms with Crippen molar-refractivity contribution in [3.05, 3.63) is 0 Å². The summed E-state index contributed by atoms with van der Waals surface area (Å²) in [7, 11) is 2.18. The van der Waals surface area contributed by atoms with Crippen LogP contribution in [0.15, 0.2) is 4.99 Å². The number of piperidine rings is 1. The highest BCUT2D eigenvalue weighted by Crippen LogP contribution is 2.19. The van der Waals surface area contributed by atoms with Crippen molar-refractivity contribution >= 4 is 36.0 Å². The molecule has 0 unspecified atom stereocenters. The van der Waals surface area contributed by atoms with Gasteiger partial charge in [-0.15, -0.1) is 24.0 Å². The van der Waals surface area contributed by atoms with Crippen LogP contribution < -0.4 is 5.73 Å². The molecule has 0 spiro atoms. The largest absolute Gasteiger partial charge is 0.444 e. The maximum absolute atomic E-state index is 12.1. The quantitative estimate of drug-likeness (QED) is 0.380. The van der Waals surface area contributed by atoms with Crippen LogP contribution in [0.1, 0.15) is 40.0 Å². The lowest BCUT2D eigenvalue weighted by Crippen LogP contribution is -2.53. The molecule has 152 valence electrons. The van der Waals surface area contributed by atoms with E-state index in [1.807, 2.05) is 20.8 Å². The summed E-state index contributed by atoms with van der Waals surface area (Å²) in [6.45, 7) is 11.5. The number of nitrogens with two attached hydrogens (primary N) is 1. The highest BCUT2D eigenvalue weighted by Gasteiger charge is 2.26. The van der Waals surface area contributed by atoms with Crippen molar-refractivity contribution in [2.24, 2.45) is 16.6 Å². The molecule has 0 aromatic heterocycles. The Bertz CT molecular complexity index is 465. The average molecular weight is 481 g/mol. The van der Waals surface area contributed by atoms with E-state index < -0.39 is 5.60 Å². The van der Waals surface area contributed by atoms with E-state index in [9.17, 15) is 4.79 Å². The van der Waals surface area contributed by atoms with Gasteiger partial charge in [0.25, 0.3) is 0 Å². The second-order valence-electron chi connectivity index (χ2n) is 8.23. The molecule has 0 saturated carbocycles. The minimum absolute atomic E-state index is 0. The number of aliphatic imine (C=N–C) groups is 1. The van der Waals surface area contributed by atoms with Crippen molar-refractivity contribution < 1.29 is 9.53 Å². The first-order valence-electron chi connectivity index (χ1n) is 9.46. The van der Waals surface area contributed by atoms with Crippen LogP contribution in [0.25, 0.3) is 0 Å². The summed E-state index contributed by atoms with van der Waals surface area (Å²) in [6.07, 6.45) is 3.40. The lowest BCUT2D eigenvalue weighted by atomic mass is 9.94. The molecule has 0 aromatic carbocycles. The Labute approximate surface area is 175 Å². The van der Waals surface area contributed by atoms with Crippen LogP contribution in [0, 0.1) is 5.92 Å². The molecule has 0 radical (unpaired) electrons. The van der Waals surface area contributed by atoms with Crippen molar-refractivity contribution in [3.8, 4) is 0 Å². The second-order valence-corrected chi connectivity index (χ2v) is 8.23. The van der Waals surface area contributed by atoms with Gasteiger partial charge in [0.2, 0.25) is 0 Å². The lowest BCUT2D eigenvalue weighted by molar-refractivity contribution is 0.0186. The summed E-state index contributed by atoms with van der Waals surface area (Å²) in [4.78, 5) is 22.8. The van der Waals surface area contributed by atoms with Gasteiger partial charge in [-0.05, 0) is 66.1 Å². The number of likely N-dealkylation sites (tertiary alicyclic amines) is 1. The molecule has 2 aliphatic heterocycles. The zero-order valence-corrected chi connectivity index (χ0v) is 19.1. The predicted molar refractivity (Wildman–Crippen MR) is 116 cm³/mol. The molecule has 2 rings (SSSR count). The molecule has 0 aliphatic carbocycles. The smallest absolute Gasteiger partial charge is 0.410 e. The van der Waals surface area contributed by atoms with Gasteiger partial charge in [-0.1, -0.05) is 0 Å². The van der Waals surface area contributed by atoms with Crippen LogP contribution in [0.3, 0.4) is 0 Å². The molecule has 2 N–H and O–H groups in total. The highest BCUT2D eigenvalue weighted by molar-refractivity contribution is 14.0. The number of carbonyl (C=O) groups excluding carboxylic acids is 1. The first-order chi connectivity index (χ1) is 11.7. The fourth-order valence-electron chi connectivity index (χ4n) is 3.26. The van der Waals surface area contributed by atoms with E-state index in [0.29, 0.717) is 32.1 Å². The molecule has 8 heteroatoms. The fraction of sp³-hybridized carbons (Fsp3) is 0.889. The van der Waals surface area contributed by atoms with E-state index in [4.69, 9.17) is 10.5 Å². The molecule has 2 aliphatic rings. The van der Waals surface area contributed by atoms with E-state index in [1.54, 1.807) is 4.90 Å². The minimum Gasteiger partial charge on any atom is -0.444 e. The van der Waals surface area contributed by atoms with Gasteiger partial charge >= 0.3 is 6.09 Å². The van der Waals surface area contributed by atoms with E-state index in [0.717, 1.165) is 18.9 Å². The lowest BCUT2D eigenvalue weighted by Gasteiger charge is -2.36.